The van der Waals surface area contributed by atoms with Crippen molar-refractivity contribution in [2.45, 2.75) is 6.42 Å². The van der Waals surface area contributed by atoms with E-state index in [4.69, 9.17) is 20.3 Å². The van der Waals surface area contributed by atoms with E-state index in [1.54, 1.807) is 32.4 Å². The summed E-state index contributed by atoms with van der Waals surface area (Å²) in [6.07, 6.45) is 0.326. The van der Waals surface area contributed by atoms with Gasteiger partial charge in [-0.25, -0.2) is 0 Å². The number of halogens is 1. The van der Waals surface area contributed by atoms with Gasteiger partial charge in [-0.3, -0.25) is 4.79 Å². The molecule has 1 aromatic rings. The molecule has 0 amide bonds. The Morgan fingerprint density at radius 2 is 2.06 bits per heavy atom. The zero-order chi connectivity index (χ0) is 12.8. The number of carboxylic acids is 1. The molecule has 102 valence electrons. The van der Waals surface area contributed by atoms with Crippen LogP contribution in [0.3, 0.4) is 0 Å². The molecule has 1 atom stereocenters. The van der Waals surface area contributed by atoms with E-state index in [9.17, 15) is 4.79 Å². The number of carboxylic acid groups (broad SMARTS) is 1. The molecule has 0 radical (unpaired) electrons. The van der Waals surface area contributed by atoms with Crippen LogP contribution in [0.2, 0.25) is 0 Å². The van der Waals surface area contributed by atoms with Gasteiger partial charge < -0.3 is 20.3 Å². The second-order valence-corrected chi connectivity index (χ2v) is 3.65. The molecule has 0 bridgehead atoms. The number of methoxy groups -OCH3 is 2. The molecule has 0 aromatic heterocycles. The predicted octanol–water partition coefficient (Wildman–Crippen LogP) is 1.33. The third-order valence-corrected chi connectivity index (χ3v) is 2.59. The van der Waals surface area contributed by atoms with Crippen LogP contribution < -0.4 is 15.2 Å². The lowest BCUT2D eigenvalue weighted by molar-refractivity contribution is -0.141. The molecule has 18 heavy (non-hydrogen) atoms. The first-order chi connectivity index (χ1) is 8.12. The zero-order valence-electron chi connectivity index (χ0n) is 10.4. The lowest BCUT2D eigenvalue weighted by Crippen LogP contribution is -2.25. The van der Waals surface area contributed by atoms with Crippen LogP contribution in [0.1, 0.15) is 5.56 Å². The third-order valence-electron chi connectivity index (χ3n) is 2.59. The van der Waals surface area contributed by atoms with Crippen molar-refractivity contribution in [3.63, 3.8) is 0 Å². The van der Waals surface area contributed by atoms with Crippen molar-refractivity contribution in [1.29, 1.82) is 0 Å². The van der Waals surface area contributed by atoms with Gasteiger partial charge in [0.2, 0.25) is 0 Å². The van der Waals surface area contributed by atoms with Crippen molar-refractivity contribution in [3.8, 4) is 11.5 Å². The molecular formula is C12H18ClNO4. The Labute approximate surface area is 112 Å². The van der Waals surface area contributed by atoms with Gasteiger partial charge in [0.05, 0.1) is 20.1 Å². The third kappa shape index (κ3) is 4.09. The molecule has 0 unspecified atom stereocenters. The quantitative estimate of drug-likeness (QED) is 0.818. The Hall–Kier alpha value is -1.46. The largest absolute Gasteiger partial charge is 0.497 e. The molecule has 0 aliphatic carbocycles. The van der Waals surface area contributed by atoms with Crippen molar-refractivity contribution in [2.24, 2.45) is 11.7 Å². The number of benzene rings is 1. The molecule has 0 fully saturated rings. The average Bonchev–Trinajstić information content (AvgIpc) is 2.35. The van der Waals surface area contributed by atoms with Gasteiger partial charge >= 0.3 is 5.97 Å². The van der Waals surface area contributed by atoms with Crippen molar-refractivity contribution < 1.29 is 19.4 Å². The van der Waals surface area contributed by atoms with E-state index in [0.717, 1.165) is 5.56 Å². The van der Waals surface area contributed by atoms with Crippen LogP contribution in [0, 0.1) is 5.92 Å². The van der Waals surface area contributed by atoms with Crippen LogP contribution >= 0.6 is 12.4 Å². The summed E-state index contributed by atoms with van der Waals surface area (Å²) in [5.41, 5.74) is 6.21. The van der Waals surface area contributed by atoms with Gasteiger partial charge in [0.25, 0.3) is 0 Å². The summed E-state index contributed by atoms with van der Waals surface area (Å²) in [6, 6.07) is 5.29. The van der Waals surface area contributed by atoms with Crippen LogP contribution in [0.15, 0.2) is 18.2 Å². The first-order valence-electron chi connectivity index (χ1n) is 5.26. The standard InChI is InChI=1S/C12H17NO4.ClH/c1-16-10-3-4-11(17-2)8(6-10)5-9(7-13)12(14)15;/h3-4,6,9H,5,7,13H2,1-2H3,(H,14,15);1H/t9-;/m1./s1. The fourth-order valence-corrected chi connectivity index (χ4v) is 1.58. The minimum atomic E-state index is -0.905. The molecule has 0 heterocycles. The van der Waals surface area contributed by atoms with E-state index in [-0.39, 0.29) is 19.0 Å². The van der Waals surface area contributed by atoms with Crippen molar-refractivity contribution in [2.75, 3.05) is 20.8 Å². The molecule has 0 aliphatic heterocycles. The molecule has 0 saturated carbocycles. The predicted molar refractivity (Wildman–Crippen MR) is 70.7 cm³/mol. The highest BCUT2D eigenvalue weighted by Gasteiger charge is 2.18. The van der Waals surface area contributed by atoms with Crippen LogP contribution in [-0.4, -0.2) is 31.8 Å². The number of aliphatic carboxylic acids is 1. The second kappa shape index (κ2) is 7.79. The molecular weight excluding hydrogens is 258 g/mol. The van der Waals surface area contributed by atoms with Crippen LogP contribution in [-0.2, 0) is 11.2 Å². The van der Waals surface area contributed by atoms with E-state index in [2.05, 4.69) is 0 Å². The van der Waals surface area contributed by atoms with Crippen molar-refractivity contribution in [3.05, 3.63) is 23.8 Å². The number of hydrogen-bond donors (Lipinski definition) is 2. The molecule has 6 heteroatoms. The molecule has 1 aromatic carbocycles. The summed E-state index contributed by atoms with van der Waals surface area (Å²) < 4.78 is 10.3. The topological polar surface area (TPSA) is 81.8 Å². The minimum absolute atomic E-state index is 0. The second-order valence-electron chi connectivity index (χ2n) is 3.65. The van der Waals surface area contributed by atoms with E-state index < -0.39 is 11.9 Å². The highest BCUT2D eigenvalue weighted by atomic mass is 35.5. The van der Waals surface area contributed by atoms with Crippen molar-refractivity contribution in [1.82, 2.24) is 0 Å². The Bertz CT molecular complexity index is 398. The van der Waals surface area contributed by atoms with Gasteiger partial charge in [0.1, 0.15) is 11.5 Å². The minimum Gasteiger partial charge on any atom is -0.497 e. The summed E-state index contributed by atoms with van der Waals surface area (Å²) in [5, 5.41) is 8.97. The SMILES string of the molecule is COc1ccc(OC)c(C[C@H](CN)C(=O)O)c1.Cl. The fraction of sp³-hybridized carbons (Fsp3) is 0.417. The highest BCUT2D eigenvalue weighted by molar-refractivity contribution is 5.85. The highest BCUT2D eigenvalue weighted by Crippen LogP contribution is 2.26. The number of nitrogens with two attached hydrogens (primary N) is 1. The maximum Gasteiger partial charge on any atom is 0.308 e. The molecule has 0 saturated heterocycles. The number of hydrogen-bond acceptors (Lipinski definition) is 4. The Morgan fingerprint density at radius 1 is 1.39 bits per heavy atom. The first-order valence-corrected chi connectivity index (χ1v) is 5.26. The normalized spacial score (nSPS) is 11.3. The van der Waals surface area contributed by atoms with Crippen LogP contribution in [0.25, 0.3) is 0 Å². The summed E-state index contributed by atoms with van der Waals surface area (Å²) >= 11 is 0. The Kier molecular flexibility index (Phi) is 7.16. The Balaban J connectivity index is 0.00000289. The van der Waals surface area contributed by atoms with E-state index >= 15 is 0 Å². The maximum atomic E-state index is 10.9. The molecule has 0 spiro atoms. The summed E-state index contributed by atoms with van der Waals surface area (Å²) in [4.78, 5) is 10.9. The smallest absolute Gasteiger partial charge is 0.308 e. The van der Waals surface area contributed by atoms with Gasteiger partial charge in [-0.2, -0.15) is 0 Å². The zero-order valence-corrected chi connectivity index (χ0v) is 11.2. The maximum absolute atomic E-state index is 10.9. The van der Waals surface area contributed by atoms with Gasteiger partial charge in [0.15, 0.2) is 0 Å². The molecule has 1 rings (SSSR count). The van der Waals surface area contributed by atoms with E-state index in [0.29, 0.717) is 17.9 Å². The summed E-state index contributed by atoms with van der Waals surface area (Å²) in [7, 11) is 3.10. The molecule has 5 nitrogen and oxygen atoms in total. The van der Waals surface area contributed by atoms with Gasteiger partial charge in [-0.1, -0.05) is 0 Å². The van der Waals surface area contributed by atoms with E-state index in [1.807, 2.05) is 0 Å². The molecule has 3 N–H and O–H groups in total. The van der Waals surface area contributed by atoms with E-state index in [1.165, 1.54) is 0 Å². The van der Waals surface area contributed by atoms with Gasteiger partial charge in [-0.05, 0) is 30.2 Å². The lowest BCUT2D eigenvalue weighted by Gasteiger charge is -2.14. The number of ether oxygens (including phenoxy) is 2. The number of carbonyl (C=O) groups is 1. The Morgan fingerprint density at radius 3 is 2.50 bits per heavy atom. The number of rotatable bonds is 6. The summed E-state index contributed by atoms with van der Waals surface area (Å²) in [5.74, 6) is -0.208. The first kappa shape index (κ1) is 16.5. The van der Waals surface area contributed by atoms with Gasteiger partial charge in [-0.15, -0.1) is 12.4 Å². The average molecular weight is 276 g/mol. The fourth-order valence-electron chi connectivity index (χ4n) is 1.58. The van der Waals surface area contributed by atoms with Crippen LogP contribution in [0.5, 0.6) is 11.5 Å². The van der Waals surface area contributed by atoms with Crippen LogP contribution in [0.4, 0.5) is 0 Å². The monoisotopic (exact) mass is 275 g/mol. The van der Waals surface area contributed by atoms with Gasteiger partial charge in [0, 0.05) is 6.54 Å². The summed E-state index contributed by atoms with van der Waals surface area (Å²) in [6.45, 7) is 0.0930. The molecule has 0 aliphatic rings. The van der Waals surface area contributed by atoms with Crippen molar-refractivity contribution >= 4 is 18.4 Å². The lowest BCUT2D eigenvalue weighted by atomic mass is 9.98.